The lowest BCUT2D eigenvalue weighted by Crippen LogP contribution is -2.41. The van der Waals surface area contributed by atoms with E-state index in [2.05, 4.69) is 6.58 Å². The molecule has 0 aromatic heterocycles. The van der Waals surface area contributed by atoms with Crippen LogP contribution in [0.3, 0.4) is 0 Å². The second kappa shape index (κ2) is 4.41. The van der Waals surface area contributed by atoms with E-state index in [-0.39, 0.29) is 5.57 Å². The maximum atomic E-state index is 11.6. The highest BCUT2D eigenvalue weighted by Gasteiger charge is 2.20. The Morgan fingerprint density at radius 2 is 1.80 bits per heavy atom. The van der Waals surface area contributed by atoms with Crippen molar-refractivity contribution in [2.45, 2.75) is 6.92 Å². The third-order valence-corrected chi connectivity index (χ3v) is 1.80. The average molecular weight is 204 g/mol. The van der Waals surface area contributed by atoms with Gasteiger partial charge in [-0.3, -0.25) is 4.79 Å². The number of imide groups is 1. The van der Waals surface area contributed by atoms with Gasteiger partial charge in [0.05, 0.1) is 5.69 Å². The standard InChI is InChI=1S/C11H12N2O2/c1-8(2)10(14)13(11(12)15)9-6-4-3-5-7-9/h3-7H,1H2,2H3,(H2,12,15). The Morgan fingerprint density at radius 3 is 2.20 bits per heavy atom. The number of anilines is 1. The van der Waals surface area contributed by atoms with E-state index in [1.807, 2.05) is 0 Å². The van der Waals surface area contributed by atoms with E-state index in [1.54, 1.807) is 30.3 Å². The highest BCUT2D eigenvalue weighted by atomic mass is 16.2. The van der Waals surface area contributed by atoms with Crippen LogP contribution in [0.5, 0.6) is 0 Å². The summed E-state index contributed by atoms with van der Waals surface area (Å²) in [6.07, 6.45) is 0. The summed E-state index contributed by atoms with van der Waals surface area (Å²) in [6.45, 7) is 5.01. The van der Waals surface area contributed by atoms with Crippen molar-refractivity contribution in [3.63, 3.8) is 0 Å². The average Bonchev–Trinajstić information content (AvgIpc) is 2.18. The molecule has 2 N–H and O–H groups in total. The van der Waals surface area contributed by atoms with Gasteiger partial charge in [-0.2, -0.15) is 0 Å². The fourth-order valence-corrected chi connectivity index (χ4v) is 1.11. The van der Waals surface area contributed by atoms with Crippen LogP contribution < -0.4 is 10.6 Å². The summed E-state index contributed by atoms with van der Waals surface area (Å²) in [6, 6.07) is 7.67. The smallest absolute Gasteiger partial charge is 0.326 e. The summed E-state index contributed by atoms with van der Waals surface area (Å²) in [5.74, 6) is -0.492. The van der Waals surface area contributed by atoms with Gasteiger partial charge in [0.1, 0.15) is 0 Å². The molecule has 0 saturated carbocycles. The Balaban J connectivity index is 3.10. The van der Waals surface area contributed by atoms with Gasteiger partial charge in [-0.05, 0) is 19.1 Å². The molecule has 1 aromatic carbocycles. The molecule has 1 aromatic rings. The van der Waals surface area contributed by atoms with E-state index >= 15 is 0 Å². The maximum absolute atomic E-state index is 11.6. The van der Waals surface area contributed by atoms with Gasteiger partial charge < -0.3 is 5.73 Å². The van der Waals surface area contributed by atoms with E-state index in [9.17, 15) is 9.59 Å². The molecule has 1 rings (SSSR count). The van der Waals surface area contributed by atoms with Crippen molar-refractivity contribution in [2.24, 2.45) is 5.73 Å². The Kier molecular flexibility index (Phi) is 3.23. The molecule has 0 saturated heterocycles. The molecule has 0 bridgehead atoms. The van der Waals surface area contributed by atoms with Gasteiger partial charge in [0.15, 0.2) is 0 Å². The summed E-state index contributed by atoms with van der Waals surface area (Å²) < 4.78 is 0. The van der Waals surface area contributed by atoms with Gasteiger partial charge in [-0.1, -0.05) is 24.8 Å². The number of carbonyl (C=O) groups is 2. The minimum atomic E-state index is -0.811. The van der Waals surface area contributed by atoms with Crippen molar-refractivity contribution < 1.29 is 9.59 Å². The highest BCUT2D eigenvalue weighted by Crippen LogP contribution is 2.15. The van der Waals surface area contributed by atoms with Crippen LogP contribution in [0.25, 0.3) is 0 Å². The molecular formula is C11H12N2O2. The van der Waals surface area contributed by atoms with E-state index in [0.29, 0.717) is 5.69 Å². The second-order valence-corrected chi connectivity index (χ2v) is 3.09. The minimum Gasteiger partial charge on any atom is -0.351 e. The molecule has 0 aliphatic carbocycles. The van der Waals surface area contributed by atoms with Crippen LogP contribution >= 0.6 is 0 Å². The monoisotopic (exact) mass is 204 g/mol. The van der Waals surface area contributed by atoms with Gasteiger partial charge in [0.2, 0.25) is 0 Å². The topological polar surface area (TPSA) is 63.4 Å². The van der Waals surface area contributed by atoms with E-state index < -0.39 is 11.9 Å². The molecule has 4 nitrogen and oxygen atoms in total. The Hall–Kier alpha value is -2.10. The Bertz CT molecular complexity index is 398. The summed E-state index contributed by atoms with van der Waals surface area (Å²) in [5, 5.41) is 0. The van der Waals surface area contributed by atoms with Crippen molar-refractivity contribution in [3.05, 3.63) is 42.5 Å². The largest absolute Gasteiger partial charge is 0.351 e. The third-order valence-electron chi connectivity index (χ3n) is 1.80. The number of urea groups is 1. The number of benzene rings is 1. The van der Waals surface area contributed by atoms with Crippen molar-refractivity contribution in [2.75, 3.05) is 4.90 Å². The summed E-state index contributed by atoms with van der Waals surface area (Å²) >= 11 is 0. The van der Waals surface area contributed by atoms with Gasteiger partial charge in [0.25, 0.3) is 5.91 Å². The zero-order valence-corrected chi connectivity index (χ0v) is 8.43. The number of rotatable bonds is 2. The Morgan fingerprint density at radius 1 is 1.27 bits per heavy atom. The zero-order valence-electron chi connectivity index (χ0n) is 8.43. The first-order chi connectivity index (χ1) is 7.04. The number of para-hydroxylation sites is 1. The van der Waals surface area contributed by atoms with E-state index in [1.165, 1.54) is 6.92 Å². The lowest BCUT2D eigenvalue weighted by Gasteiger charge is -2.18. The third kappa shape index (κ3) is 2.43. The molecule has 3 amide bonds. The number of nitrogens with zero attached hydrogens (tertiary/aromatic N) is 1. The molecule has 0 aliphatic rings. The number of primary amides is 1. The molecule has 4 heteroatoms. The predicted octanol–water partition coefficient (Wildman–Crippen LogP) is 1.67. The summed E-state index contributed by atoms with van der Waals surface area (Å²) in [7, 11) is 0. The Labute approximate surface area is 88.0 Å². The van der Waals surface area contributed by atoms with Crippen LogP contribution in [0.15, 0.2) is 42.5 Å². The predicted molar refractivity (Wildman–Crippen MR) is 58.3 cm³/mol. The molecule has 0 fully saturated rings. The van der Waals surface area contributed by atoms with Crippen LogP contribution in [0, 0.1) is 0 Å². The number of hydrogen-bond donors (Lipinski definition) is 1. The fourth-order valence-electron chi connectivity index (χ4n) is 1.11. The maximum Gasteiger partial charge on any atom is 0.326 e. The van der Waals surface area contributed by atoms with Crippen LogP contribution in [-0.4, -0.2) is 11.9 Å². The van der Waals surface area contributed by atoms with Crippen molar-refractivity contribution in [1.29, 1.82) is 0 Å². The molecule has 78 valence electrons. The summed E-state index contributed by atoms with van der Waals surface area (Å²) in [5.41, 5.74) is 5.84. The van der Waals surface area contributed by atoms with Crippen LogP contribution in [0.1, 0.15) is 6.92 Å². The zero-order chi connectivity index (χ0) is 11.4. The SMILES string of the molecule is C=C(C)C(=O)N(C(N)=O)c1ccccc1. The number of hydrogen-bond acceptors (Lipinski definition) is 2. The molecular weight excluding hydrogens is 192 g/mol. The molecule has 0 spiro atoms. The molecule has 0 unspecified atom stereocenters. The molecule has 0 radical (unpaired) electrons. The normalized spacial score (nSPS) is 9.40. The molecule has 0 aliphatic heterocycles. The molecule has 15 heavy (non-hydrogen) atoms. The van der Waals surface area contributed by atoms with Crippen molar-refractivity contribution in [3.8, 4) is 0 Å². The number of carbonyl (C=O) groups excluding carboxylic acids is 2. The van der Waals surface area contributed by atoms with E-state index in [0.717, 1.165) is 4.90 Å². The van der Waals surface area contributed by atoms with Crippen molar-refractivity contribution in [1.82, 2.24) is 0 Å². The lowest BCUT2D eigenvalue weighted by molar-refractivity contribution is -0.114. The molecule has 0 atom stereocenters. The quantitative estimate of drug-likeness (QED) is 0.745. The van der Waals surface area contributed by atoms with Crippen molar-refractivity contribution >= 4 is 17.6 Å². The molecule has 0 heterocycles. The first-order valence-electron chi connectivity index (χ1n) is 4.38. The minimum absolute atomic E-state index is 0.262. The first-order valence-corrected chi connectivity index (χ1v) is 4.38. The fraction of sp³-hybridized carbons (Fsp3) is 0.0909. The first kappa shape index (κ1) is 11.0. The van der Waals surface area contributed by atoms with E-state index in [4.69, 9.17) is 5.73 Å². The second-order valence-electron chi connectivity index (χ2n) is 3.09. The van der Waals surface area contributed by atoms with Gasteiger partial charge in [0, 0.05) is 5.57 Å². The highest BCUT2D eigenvalue weighted by molar-refractivity contribution is 6.19. The number of amides is 3. The van der Waals surface area contributed by atoms with Gasteiger partial charge in [-0.15, -0.1) is 0 Å². The van der Waals surface area contributed by atoms with Crippen LogP contribution in [0.2, 0.25) is 0 Å². The van der Waals surface area contributed by atoms with Crippen LogP contribution in [0.4, 0.5) is 10.5 Å². The lowest BCUT2D eigenvalue weighted by atomic mass is 10.2. The number of nitrogens with two attached hydrogens (primary N) is 1. The van der Waals surface area contributed by atoms with Gasteiger partial charge >= 0.3 is 6.03 Å². The van der Waals surface area contributed by atoms with Crippen LogP contribution in [-0.2, 0) is 4.79 Å². The summed E-state index contributed by atoms with van der Waals surface area (Å²) in [4.78, 5) is 23.6. The van der Waals surface area contributed by atoms with Gasteiger partial charge in [-0.25, -0.2) is 9.69 Å².